The highest BCUT2D eigenvalue weighted by Gasteiger charge is 2.39. The van der Waals surface area contributed by atoms with Crippen LogP contribution in [-0.2, 0) is 11.2 Å². The average Bonchev–Trinajstić information content (AvgIpc) is 3.11. The molecule has 0 aromatic heterocycles. The number of carbonyl (C=O) groups is 1. The lowest BCUT2D eigenvalue weighted by molar-refractivity contribution is -0.116. The van der Waals surface area contributed by atoms with Crippen LogP contribution in [-0.4, -0.2) is 36.0 Å². The molecule has 1 aromatic rings. The van der Waals surface area contributed by atoms with Crippen molar-refractivity contribution in [3.05, 3.63) is 29.8 Å². The summed E-state index contributed by atoms with van der Waals surface area (Å²) in [4.78, 5) is 15.6. The van der Waals surface area contributed by atoms with Crippen LogP contribution in [0.4, 0.5) is 5.69 Å². The van der Waals surface area contributed by atoms with E-state index in [9.17, 15) is 4.79 Å². The fraction of sp³-hybridized carbons (Fsp3) is 0.611. The fourth-order valence-corrected chi connectivity index (χ4v) is 4.06. The molecule has 0 atom stereocenters. The van der Waals surface area contributed by atoms with Gasteiger partial charge in [-0.15, -0.1) is 0 Å². The zero-order valence-corrected chi connectivity index (χ0v) is 13.3. The molecule has 0 spiro atoms. The third kappa shape index (κ3) is 2.84. The normalized spacial score (nSPS) is 22.5. The lowest BCUT2D eigenvalue weighted by atomic mass is 9.97. The SMILES string of the molecule is CC(=O)N1CCc2ccccc21.CC12CCCN1CCC2. The second-order valence-electron chi connectivity index (χ2n) is 6.74. The minimum atomic E-state index is 0.139. The lowest BCUT2D eigenvalue weighted by Crippen LogP contribution is -2.34. The zero-order chi connectivity index (χ0) is 14.9. The van der Waals surface area contributed by atoms with E-state index in [1.54, 1.807) is 6.92 Å². The van der Waals surface area contributed by atoms with Crippen molar-refractivity contribution in [2.24, 2.45) is 0 Å². The Labute approximate surface area is 127 Å². The van der Waals surface area contributed by atoms with E-state index in [4.69, 9.17) is 0 Å². The maximum atomic E-state index is 11.1. The molecule has 4 rings (SSSR count). The highest BCUT2D eigenvalue weighted by Crippen LogP contribution is 2.37. The first-order chi connectivity index (χ1) is 10.1. The summed E-state index contributed by atoms with van der Waals surface area (Å²) in [5.74, 6) is 0.139. The van der Waals surface area contributed by atoms with Crippen LogP contribution in [0.2, 0.25) is 0 Å². The van der Waals surface area contributed by atoms with Crippen LogP contribution in [0.15, 0.2) is 24.3 Å². The molecule has 1 amide bonds. The second-order valence-corrected chi connectivity index (χ2v) is 6.74. The van der Waals surface area contributed by atoms with Crippen molar-refractivity contribution in [3.8, 4) is 0 Å². The van der Waals surface area contributed by atoms with E-state index >= 15 is 0 Å². The van der Waals surface area contributed by atoms with Gasteiger partial charge in [-0.25, -0.2) is 0 Å². The molecule has 0 radical (unpaired) electrons. The van der Waals surface area contributed by atoms with Gasteiger partial charge in [0.15, 0.2) is 0 Å². The smallest absolute Gasteiger partial charge is 0.223 e. The van der Waals surface area contributed by atoms with Crippen molar-refractivity contribution >= 4 is 11.6 Å². The van der Waals surface area contributed by atoms with Gasteiger partial charge in [0.05, 0.1) is 0 Å². The monoisotopic (exact) mass is 286 g/mol. The average molecular weight is 286 g/mol. The number of para-hydroxylation sites is 1. The van der Waals surface area contributed by atoms with E-state index in [1.807, 2.05) is 23.1 Å². The summed E-state index contributed by atoms with van der Waals surface area (Å²) in [5, 5.41) is 0. The molecule has 0 aliphatic carbocycles. The van der Waals surface area contributed by atoms with Crippen molar-refractivity contribution in [1.82, 2.24) is 4.90 Å². The van der Waals surface area contributed by atoms with E-state index in [1.165, 1.54) is 44.3 Å². The lowest BCUT2D eigenvalue weighted by Gasteiger charge is -2.26. The molecular formula is C18H26N2O. The molecule has 3 aliphatic heterocycles. The minimum absolute atomic E-state index is 0.139. The summed E-state index contributed by atoms with van der Waals surface area (Å²) in [5.41, 5.74) is 3.01. The first-order valence-electron chi connectivity index (χ1n) is 8.21. The Morgan fingerprint density at radius 3 is 2.38 bits per heavy atom. The summed E-state index contributed by atoms with van der Waals surface area (Å²) in [6.45, 7) is 7.62. The summed E-state index contributed by atoms with van der Waals surface area (Å²) in [6.07, 6.45) is 6.78. The van der Waals surface area contributed by atoms with Crippen LogP contribution in [0.5, 0.6) is 0 Å². The summed E-state index contributed by atoms with van der Waals surface area (Å²) >= 11 is 0. The van der Waals surface area contributed by atoms with Gasteiger partial charge in [0.25, 0.3) is 0 Å². The van der Waals surface area contributed by atoms with E-state index in [0.29, 0.717) is 5.54 Å². The van der Waals surface area contributed by atoms with Gasteiger partial charge in [0.2, 0.25) is 5.91 Å². The molecule has 3 heterocycles. The van der Waals surface area contributed by atoms with E-state index in [2.05, 4.69) is 17.9 Å². The molecule has 2 saturated heterocycles. The molecule has 0 saturated carbocycles. The molecule has 21 heavy (non-hydrogen) atoms. The number of rotatable bonds is 0. The molecule has 3 heteroatoms. The van der Waals surface area contributed by atoms with Crippen LogP contribution in [0.3, 0.4) is 0 Å². The minimum Gasteiger partial charge on any atom is -0.312 e. The van der Waals surface area contributed by atoms with Crippen LogP contribution in [0.25, 0.3) is 0 Å². The van der Waals surface area contributed by atoms with Crippen molar-refractivity contribution in [2.45, 2.75) is 51.5 Å². The standard InChI is InChI=1S/C10H11NO.C8H15N/c1-8(12)11-7-6-9-4-2-3-5-10(9)11;1-8-4-2-6-9(8)7-3-5-8/h2-5H,6-7H2,1H3;2-7H2,1H3. The summed E-state index contributed by atoms with van der Waals surface area (Å²) in [6, 6.07) is 8.07. The molecule has 0 N–H and O–H groups in total. The maximum Gasteiger partial charge on any atom is 0.223 e. The Morgan fingerprint density at radius 1 is 1.10 bits per heavy atom. The second kappa shape index (κ2) is 5.80. The van der Waals surface area contributed by atoms with E-state index < -0.39 is 0 Å². The van der Waals surface area contributed by atoms with Crippen LogP contribution < -0.4 is 4.90 Å². The number of hydrogen-bond acceptors (Lipinski definition) is 2. The van der Waals surface area contributed by atoms with Crippen LogP contribution in [0.1, 0.15) is 45.1 Å². The number of carbonyl (C=O) groups excluding carboxylic acids is 1. The Morgan fingerprint density at radius 2 is 1.76 bits per heavy atom. The molecule has 2 fully saturated rings. The van der Waals surface area contributed by atoms with Gasteiger partial charge in [-0.05, 0) is 63.7 Å². The largest absolute Gasteiger partial charge is 0.312 e. The van der Waals surface area contributed by atoms with Gasteiger partial charge in [0.1, 0.15) is 0 Å². The predicted molar refractivity (Wildman–Crippen MR) is 86.6 cm³/mol. The number of hydrogen-bond donors (Lipinski definition) is 0. The number of fused-ring (bicyclic) bond motifs is 2. The number of anilines is 1. The first kappa shape index (κ1) is 14.6. The third-order valence-electron chi connectivity index (χ3n) is 5.32. The third-order valence-corrected chi connectivity index (χ3v) is 5.32. The maximum absolute atomic E-state index is 11.1. The van der Waals surface area contributed by atoms with E-state index in [-0.39, 0.29) is 5.91 Å². The number of nitrogens with zero attached hydrogens (tertiary/aromatic N) is 2. The Hall–Kier alpha value is -1.35. The highest BCUT2D eigenvalue weighted by atomic mass is 16.2. The van der Waals surface area contributed by atoms with Crippen molar-refractivity contribution < 1.29 is 4.79 Å². The van der Waals surface area contributed by atoms with Crippen LogP contribution >= 0.6 is 0 Å². The van der Waals surface area contributed by atoms with Gasteiger partial charge < -0.3 is 4.90 Å². The quantitative estimate of drug-likeness (QED) is 0.731. The predicted octanol–water partition coefficient (Wildman–Crippen LogP) is 3.23. The molecular weight excluding hydrogens is 260 g/mol. The van der Waals surface area contributed by atoms with Crippen molar-refractivity contribution in [1.29, 1.82) is 0 Å². The summed E-state index contributed by atoms with van der Waals surface area (Å²) in [7, 11) is 0. The van der Waals surface area contributed by atoms with Crippen molar-refractivity contribution in [2.75, 3.05) is 24.5 Å². The van der Waals surface area contributed by atoms with Gasteiger partial charge in [-0.1, -0.05) is 18.2 Å². The molecule has 1 aromatic carbocycles. The van der Waals surface area contributed by atoms with Gasteiger partial charge >= 0.3 is 0 Å². The molecule has 114 valence electrons. The highest BCUT2D eigenvalue weighted by molar-refractivity contribution is 5.93. The summed E-state index contributed by atoms with van der Waals surface area (Å²) < 4.78 is 0. The van der Waals surface area contributed by atoms with Crippen molar-refractivity contribution in [3.63, 3.8) is 0 Å². The Bertz CT molecular complexity index is 516. The van der Waals surface area contributed by atoms with Crippen LogP contribution in [0, 0.1) is 0 Å². The molecule has 0 bridgehead atoms. The fourth-order valence-electron chi connectivity index (χ4n) is 4.06. The number of benzene rings is 1. The van der Waals surface area contributed by atoms with E-state index in [0.717, 1.165) is 18.7 Å². The molecule has 0 unspecified atom stereocenters. The zero-order valence-electron chi connectivity index (χ0n) is 13.3. The van der Waals surface area contributed by atoms with Gasteiger partial charge in [-0.3, -0.25) is 9.69 Å². The topological polar surface area (TPSA) is 23.6 Å². The van der Waals surface area contributed by atoms with Gasteiger partial charge in [-0.2, -0.15) is 0 Å². The van der Waals surface area contributed by atoms with Gasteiger partial charge in [0, 0.05) is 24.7 Å². The first-order valence-corrected chi connectivity index (χ1v) is 8.21. The Kier molecular flexibility index (Phi) is 4.03. The molecule has 3 aliphatic rings. The molecule has 3 nitrogen and oxygen atoms in total. The number of amides is 1. The Balaban J connectivity index is 0.000000131.